The van der Waals surface area contributed by atoms with Crippen molar-refractivity contribution in [2.24, 2.45) is 5.92 Å². The van der Waals surface area contributed by atoms with E-state index in [1.807, 2.05) is 26.0 Å². The van der Waals surface area contributed by atoms with Gasteiger partial charge in [-0.1, -0.05) is 75.3 Å². The van der Waals surface area contributed by atoms with Gasteiger partial charge in [0.25, 0.3) is 0 Å². The summed E-state index contributed by atoms with van der Waals surface area (Å²) in [6, 6.07) is 0. The summed E-state index contributed by atoms with van der Waals surface area (Å²) in [7, 11) is -3.47. The first-order valence-electron chi connectivity index (χ1n) is 11.0. The fourth-order valence-corrected chi connectivity index (χ4v) is 4.96. The second kappa shape index (κ2) is 12.4. The summed E-state index contributed by atoms with van der Waals surface area (Å²) < 4.78 is 12.7. The molecule has 0 bridgehead atoms. The summed E-state index contributed by atoms with van der Waals surface area (Å²) in [6.45, 7) is 26.1. The van der Waals surface area contributed by atoms with Crippen LogP contribution >= 0.6 is 15.9 Å². The molecule has 31 heavy (non-hydrogen) atoms. The molecule has 0 rings (SSSR count). The predicted molar refractivity (Wildman–Crippen MR) is 144 cm³/mol. The standard InChI is InChI=1S/C25H43BrO3Si2/c1-13-28-24(27)21(4)16-19(2)17-22(26)18-20(3)23(14-15-30(8,9)10)29-31(11,12)25(5,6)7/h16-18,20,23H,13H2,1-12H3/b19-17+,21-16+,22-18-/t20-,23-/m1/s1. The average molecular weight is 528 g/mol. The van der Waals surface area contributed by atoms with Gasteiger partial charge in [0.15, 0.2) is 8.32 Å². The van der Waals surface area contributed by atoms with Gasteiger partial charge in [0.2, 0.25) is 0 Å². The van der Waals surface area contributed by atoms with Gasteiger partial charge in [0.1, 0.15) is 14.2 Å². The fraction of sp³-hybridized carbons (Fsp3) is 0.640. The Bertz CT molecular complexity index is 769. The molecule has 0 aromatic rings. The first kappa shape index (κ1) is 30.1. The van der Waals surface area contributed by atoms with E-state index in [1.165, 1.54) is 0 Å². The largest absolute Gasteiger partial charge is 0.463 e. The maximum atomic E-state index is 11.8. The fourth-order valence-electron chi connectivity index (χ4n) is 2.34. The average Bonchev–Trinajstić information content (AvgIpc) is 2.56. The molecule has 176 valence electrons. The summed E-state index contributed by atoms with van der Waals surface area (Å²) >= 11 is 3.67. The number of hydrogen-bond donors (Lipinski definition) is 0. The lowest BCUT2D eigenvalue weighted by Crippen LogP contribution is -2.45. The number of allylic oxidation sites excluding steroid dienone is 4. The van der Waals surface area contributed by atoms with Crippen molar-refractivity contribution in [1.29, 1.82) is 0 Å². The van der Waals surface area contributed by atoms with Crippen molar-refractivity contribution < 1.29 is 14.0 Å². The second-order valence-corrected chi connectivity index (χ2v) is 21.1. The summed E-state index contributed by atoms with van der Waals surface area (Å²) in [5.41, 5.74) is 5.06. The Kier molecular flexibility index (Phi) is 12.0. The van der Waals surface area contributed by atoms with Crippen molar-refractivity contribution >= 4 is 38.3 Å². The number of esters is 1. The molecule has 0 aromatic carbocycles. The molecule has 0 heterocycles. The Balaban J connectivity index is 5.80. The van der Waals surface area contributed by atoms with Crippen LogP contribution in [0.15, 0.2) is 33.9 Å². The number of hydrogen-bond acceptors (Lipinski definition) is 3. The van der Waals surface area contributed by atoms with E-state index in [9.17, 15) is 4.79 Å². The highest BCUT2D eigenvalue weighted by atomic mass is 79.9. The molecule has 6 heteroatoms. The lowest BCUT2D eigenvalue weighted by atomic mass is 10.0. The van der Waals surface area contributed by atoms with Crippen molar-refractivity contribution in [3.63, 3.8) is 0 Å². The molecule has 0 saturated heterocycles. The van der Waals surface area contributed by atoms with Crippen LogP contribution in [-0.2, 0) is 14.0 Å². The Morgan fingerprint density at radius 2 is 1.65 bits per heavy atom. The van der Waals surface area contributed by atoms with E-state index in [2.05, 4.69) is 93.9 Å². The van der Waals surface area contributed by atoms with Crippen LogP contribution in [0.4, 0.5) is 0 Å². The Morgan fingerprint density at radius 3 is 2.10 bits per heavy atom. The zero-order valence-electron chi connectivity index (χ0n) is 21.7. The topological polar surface area (TPSA) is 35.5 Å². The Morgan fingerprint density at radius 1 is 1.10 bits per heavy atom. The molecule has 0 N–H and O–H groups in total. The molecule has 0 amide bonds. The Hall–Kier alpha value is -0.876. The molecule has 0 aromatic heterocycles. The minimum atomic E-state index is -1.96. The van der Waals surface area contributed by atoms with Crippen molar-refractivity contribution in [2.75, 3.05) is 6.61 Å². The van der Waals surface area contributed by atoms with E-state index in [4.69, 9.17) is 9.16 Å². The first-order valence-corrected chi connectivity index (χ1v) is 18.2. The van der Waals surface area contributed by atoms with Gasteiger partial charge in [-0.2, -0.15) is 0 Å². The Labute approximate surface area is 202 Å². The van der Waals surface area contributed by atoms with Crippen molar-refractivity contribution in [1.82, 2.24) is 0 Å². The lowest BCUT2D eigenvalue weighted by Gasteiger charge is -2.39. The minimum absolute atomic E-state index is 0.117. The van der Waals surface area contributed by atoms with E-state index < -0.39 is 16.4 Å². The zero-order valence-corrected chi connectivity index (χ0v) is 25.3. The molecule has 0 unspecified atom stereocenters. The summed E-state index contributed by atoms with van der Waals surface area (Å²) in [5, 5.41) is 0.124. The van der Waals surface area contributed by atoms with Crippen molar-refractivity contribution in [2.45, 2.75) is 92.3 Å². The highest BCUT2D eigenvalue weighted by molar-refractivity contribution is 9.11. The van der Waals surface area contributed by atoms with Crippen LogP contribution < -0.4 is 0 Å². The SMILES string of the molecule is CCOC(=O)/C(C)=C/C(C)=C/C(Br)=C/[C@@H](C)[C@@H](C#C[Si](C)(C)C)O[Si](C)(C)C(C)(C)C. The zero-order chi connectivity index (χ0) is 24.6. The predicted octanol–water partition coefficient (Wildman–Crippen LogP) is 7.63. The molecule has 0 spiro atoms. The number of carbonyl (C=O) groups is 1. The van der Waals surface area contributed by atoms with Crippen LogP contribution in [0.25, 0.3) is 0 Å². The molecule has 0 aliphatic carbocycles. The van der Waals surface area contributed by atoms with Gasteiger partial charge in [-0.05, 0) is 56.6 Å². The molecule has 3 nitrogen and oxygen atoms in total. The third-order valence-electron chi connectivity index (χ3n) is 5.12. The van der Waals surface area contributed by atoms with E-state index in [0.29, 0.717) is 12.2 Å². The maximum Gasteiger partial charge on any atom is 0.333 e. The monoisotopic (exact) mass is 526 g/mol. The first-order chi connectivity index (χ1) is 13.9. The quantitative estimate of drug-likeness (QED) is 0.107. The highest BCUT2D eigenvalue weighted by Gasteiger charge is 2.39. The van der Waals surface area contributed by atoms with E-state index in [0.717, 1.165) is 10.1 Å². The molecule has 0 radical (unpaired) electrons. The third kappa shape index (κ3) is 12.1. The number of rotatable bonds is 8. The van der Waals surface area contributed by atoms with Crippen LogP contribution in [0.5, 0.6) is 0 Å². The normalized spacial score (nSPS) is 16.4. The van der Waals surface area contributed by atoms with Gasteiger partial charge in [0.05, 0.1) is 6.61 Å². The number of halogens is 1. The van der Waals surface area contributed by atoms with Crippen LogP contribution in [0.3, 0.4) is 0 Å². The maximum absolute atomic E-state index is 11.8. The third-order valence-corrected chi connectivity index (χ3v) is 11.0. The van der Waals surface area contributed by atoms with Crippen LogP contribution in [0, 0.1) is 17.4 Å². The van der Waals surface area contributed by atoms with E-state index >= 15 is 0 Å². The molecule has 0 saturated carbocycles. The molecule has 0 fully saturated rings. The van der Waals surface area contributed by atoms with Gasteiger partial charge in [-0.25, -0.2) is 4.79 Å². The summed E-state index contributed by atoms with van der Waals surface area (Å²) in [5.74, 6) is 3.31. The smallest absolute Gasteiger partial charge is 0.333 e. The highest BCUT2D eigenvalue weighted by Crippen LogP contribution is 2.38. The van der Waals surface area contributed by atoms with Crippen LogP contribution in [0.1, 0.15) is 48.5 Å². The molecule has 0 aliphatic rings. The van der Waals surface area contributed by atoms with Gasteiger partial charge in [-0.3, -0.25) is 0 Å². The van der Waals surface area contributed by atoms with E-state index in [1.54, 1.807) is 6.92 Å². The number of ether oxygens (including phenoxy) is 1. The van der Waals surface area contributed by atoms with E-state index in [-0.39, 0.29) is 23.0 Å². The summed E-state index contributed by atoms with van der Waals surface area (Å²) in [4.78, 5) is 11.8. The second-order valence-electron chi connectivity index (χ2n) is 10.7. The van der Waals surface area contributed by atoms with Gasteiger partial charge in [0, 0.05) is 16.0 Å². The molecule has 0 aliphatic heterocycles. The van der Waals surface area contributed by atoms with Crippen LogP contribution in [0.2, 0.25) is 37.8 Å². The lowest BCUT2D eigenvalue weighted by molar-refractivity contribution is -0.138. The number of carbonyl (C=O) groups excluding carboxylic acids is 1. The van der Waals surface area contributed by atoms with Gasteiger partial charge >= 0.3 is 5.97 Å². The summed E-state index contributed by atoms with van der Waals surface area (Å²) in [6.07, 6.45) is 5.85. The molecular formula is C25H43BrO3Si2. The van der Waals surface area contributed by atoms with Gasteiger partial charge in [-0.15, -0.1) is 5.54 Å². The van der Waals surface area contributed by atoms with Crippen molar-refractivity contribution in [3.05, 3.63) is 33.9 Å². The molecular weight excluding hydrogens is 484 g/mol. The molecule has 2 atom stereocenters. The van der Waals surface area contributed by atoms with Crippen molar-refractivity contribution in [3.8, 4) is 11.5 Å². The van der Waals surface area contributed by atoms with Gasteiger partial charge < -0.3 is 9.16 Å². The van der Waals surface area contributed by atoms with Crippen LogP contribution in [-0.4, -0.2) is 35.1 Å². The minimum Gasteiger partial charge on any atom is -0.463 e.